The second-order valence-corrected chi connectivity index (χ2v) is 9.27. The molecule has 1 aliphatic carbocycles. The second-order valence-electron chi connectivity index (χ2n) is 7.99. The van der Waals surface area contributed by atoms with Gasteiger partial charge >= 0.3 is 0 Å². The van der Waals surface area contributed by atoms with Gasteiger partial charge in [-0.1, -0.05) is 59.1 Å². The maximum atomic E-state index is 13.5. The molecule has 0 spiro atoms. The van der Waals surface area contributed by atoms with Gasteiger partial charge in [0.2, 0.25) is 5.91 Å². The van der Waals surface area contributed by atoms with Gasteiger partial charge in [0.1, 0.15) is 0 Å². The summed E-state index contributed by atoms with van der Waals surface area (Å²) in [6.07, 6.45) is 1.80. The van der Waals surface area contributed by atoms with Crippen molar-refractivity contribution in [2.24, 2.45) is 5.92 Å². The van der Waals surface area contributed by atoms with Crippen molar-refractivity contribution < 1.29 is 13.6 Å². The SMILES string of the molecule is O=C(NCc1ccc(F)c(F)c1)C1CCC(c2ccc(Cl)cc2Cl)=C(c2ccc(Cl)cc2)C1. The van der Waals surface area contributed by atoms with Crippen molar-refractivity contribution in [3.63, 3.8) is 0 Å². The Morgan fingerprint density at radius 3 is 2.30 bits per heavy atom. The van der Waals surface area contributed by atoms with Gasteiger partial charge in [0, 0.05) is 27.5 Å². The van der Waals surface area contributed by atoms with E-state index < -0.39 is 11.6 Å². The van der Waals surface area contributed by atoms with E-state index in [4.69, 9.17) is 34.8 Å². The van der Waals surface area contributed by atoms with Gasteiger partial charge in [-0.05, 0) is 83.5 Å². The summed E-state index contributed by atoms with van der Waals surface area (Å²) < 4.78 is 26.6. The van der Waals surface area contributed by atoms with Crippen molar-refractivity contribution in [3.8, 4) is 0 Å². The number of halogens is 5. The molecule has 0 saturated heterocycles. The fraction of sp³-hybridized carbons (Fsp3) is 0.192. The third-order valence-electron chi connectivity index (χ3n) is 5.83. The van der Waals surface area contributed by atoms with Crippen molar-refractivity contribution in [1.82, 2.24) is 5.32 Å². The highest BCUT2D eigenvalue weighted by Crippen LogP contribution is 2.43. The first-order chi connectivity index (χ1) is 15.8. The monoisotopic (exact) mass is 505 g/mol. The lowest BCUT2D eigenvalue weighted by atomic mass is 9.78. The topological polar surface area (TPSA) is 29.1 Å². The van der Waals surface area contributed by atoms with E-state index in [9.17, 15) is 13.6 Å². The van der Waals surface area contributed by atoms with Gasteiger partial charge < -0.3 is 5.32 Å². The first-order valence-electron chi connectivity index (χ1n) is 10.5. The Bertz CT molecular complexity index is 1220. The Kier molecular flexibility index (Phi) is 7.38. The first-order valence-corrected chi connectivity index (χ1v) is 11.6. The molecule has 4 rings (SSSR count). The molecule has 170 valence electrons. The highest BCUT2D eigenvalue weighted by Gasteiger charge is 2.28. The van der Waals surface area contributed by atoms with Crippen LogP contribution in [0, 0.1) is 17.6 Å². The Balaban J connectivity index is 1.59. The smallest absolute Gasteiger partial charge is 0.223 e. The number of carbonyl (C=O) groups is 1. The molecule has 0 radical (unpaired) electrons. The van der Waals surface area contributed by atoms with E-state index in [1.807, 2.05) is 30.3 Å². The molecule has 0 aromatic heterocycles. The standard InChI is InChI=1S/C26H20Cl3F2NO/c27-18-5-2-16(3-6-18)22-12-17(4-8-20(22)21-9-7-19(28)13-23(21)29)26(33)32-14-15-1-10-24(30)25(31)11-15/h1-3,5-7,9-11,13,17H,4,8,12,14H2,(H,32,33). The van der Waals surface area contributed by atoms with E-state index in [1.54, 1.807) is 12.1 Å². The predicted octanol–water partition coefficient (Wildman–Crippen LogP) is 7.95. The van der Waals surface area contributed by atoms with Crippen LogP contribution < -0.4 is 5.32 Å². The number of allylic oxidation sites excluding steroid dienone is 2. The molecule has 0 bridgehead atoms. The largest absolute Gasteiger partial charge is 0.352 e. The van der Waals surface area contributed by atoms with E-state index in [0.29, 0.717) is 39.9 Å². The highest BCUT2D eigenvalue weighted by molar-refractivity contribution is 6.36. The van der Waals surface area contributed by atoms with E-state index in [-0.39, 0.29) is 18.4 Å². The fourth-order valence-corrected chi connectivity index (χ4v) is 4.77. The zero-order chi connectivity index (χ0) is 23.5. The average molecular weight is 507 g/mol. The third-order valence-corrected chi connectivity index (χ3v) is 6.63. The molecule has 0 aliphatic heterocycles. The van der Waals surface area contributed by atoms with E-state index in [0.717, 1.165) is 34.4 Å². The van der Waals surface area contributed by atoms with Gasteiger partial charge in [0.25, 0.3) is 0 Å². The lowest BCUT2D eigenvalue weighted by Crippen LogP contribution is -2.32. The van der Waals surface area contributed by atoms with Crippen molar-refractivity contribution in [2.75, 3.05) is 0 Å². The average Bonchev–Trinajstić information content (AvgIpc) is 2.80. The zero-order valence-electron chi connectivity index (χ0n) is 17.5. The number of hydrogen-bond acceptors (Lipinski definition) is 1. The van der Waals surface area contributed by atoms with Crippen LogP contribution in [-0.4, -0.2) is 5.91 Å². The molecular weight excluding hydrogens is 487 g/mol. The molecule has 1 amide bonds. The highest BCUT2D eigenvalue weighted by atomic mass is 35.5. The molecule has 1 unspecified atom stereocenters. The molecule has 0 saturated carbocycles. The fourth-order valence-electron chi connectivity index (χ4n) is 4.12. The van der Waals surface area contributed by atoms with Crippen LogP contribution in [0.3, 0.4) is 0 Å². The summed E-state index contributed by atoms with van der Waals surface area (Å²) in [5.41, 5.74) is 4.46. The Labute approximate surface area is 206 Å². The summed E-state index contributed by atoms with van der Waals surface area (Å²) in [6, 6.07) is 16.5. The van der Waals surface area contributed by atoms with Crippen LogP contribution in [0.1, 0.15) is 36.0 Å². The van der Waals surface area contributed by atoms with Crippen molar-refractivity contribution in [2.45, 2.75) is 25.8 Å². The van der Waals surface area contributed by atoms with Crippen molar-refractivity contribution >= 4 is 51.9 Å². The molecule has 0 heterocycles. The molecular formula is C26H20Cl3F2NO. The summed E-state index contributed by atoms with van der Waals surface area (Å²) in [5.74, 6) is -2.25. The molecule has 7 heteroatoms. The molecule has 0 fully saturated rings. The maximum absolute atomic E-state index is 13.5. The first kappa shape index (κ1) is 23.7. The molecule has 1 atom stereocenters. The Morgan fingerprint density at radius 2 is 1.61 bits per heavy atom. The normalized spacial score (nSPS) is 16.1. The van der Waals surface area contributed by atoms with Gasteiger partial charge in [-0.2, -0.15) is 0 Å². The van der Waals surface area contributed by atoms with Crippen LogP contribution in [-0.2, 0) is 11.3 Å². The minimum atomic E-state index is -0.933. The van der Waals surface area contributed by atoms with Crippen LogP contribution in [0.4, 0.5) is 8.78 Å². The van der Waals surface area contributed by atoms with Gasteiger partial charge in [0.05, 0.1) is 0 Å². The van der Waals surface area contributed by atoms with Gasteiger partial charge in [-0.3, -0.25) is 4.79 Å². The molecule has 33 heavy (non-hydrogen) atoms. The summed E-state index contributed by atoms with van der Waals surface area (Å²) in [6.45, 7) is 0.127. The third kappa shape index (κ3) is 5.57. The summed E-state index contributed by atoms with van der Waals surface area (Å²) in [5, 5.41) is 4.60. The summed E-state index contributed by atoms with van der Waals surface area (Å²) in [7, 11) is 0. The van der Waals surface area contributed by atoms with Crippen LogP contribution in [0.15, 0.2) is 60.7 Å². The Morgan fingerprint density at radius 1 is 0.879 bits per heavy atom. The second kappa shape index (κ2) is 10.3. The number of rotatable bonds is 5. The van der Waals surface area contributed by atoms with Gasteiger partial charge in [-0.15, -0.1) is 0 Å². The quantitative estimate of drug-likeness (QED) is 0.374. The molecule has 1 aliphatic rings. The number of amides is 1. The van der Waals surface area contributed by atoms with Crippen molar-refractivity contribution in [3.05, 3.63) is 104 Å². The van der Waals surface area contributed by atoms with Crippen LogP contribution >= 0.6 is 34.8 Å². The van der Waals surface area contributed by atoms with Gasteiger partial charge in [-0.25, -0.2) is 8.78 Å². The number of hydrogen-bond donors (Lipinski definition) is 1. The van der Waals surface area contributed by atoms with Crippen LogP contribution in [0.25, 0.3) is 11.1 Å². The zero-order valence-corrected chi connectivity index (χ0v) is 19.7. The number of carbonyl (C=O) groups excluding carboxylic acids is 1. The maximum Gasteiger partial charge on any atom is 0.223 e. The van der Waals surface area contributed by atoms with Gasteiger partial charge in [0.15, 0.2) is 11.6 Å². The van der Waals surface area contributed by atoms with E-state index >= 15 is 0 Å². The van der Waals surface area contributed by atoms with E-state index in [1.165, 1.54) is 6.07 Å². The lowest BCUT2D eigenvalue weighted by Gasteiger charge is -2.28. The van der Waals surface area contributed by atoms with Crippen LogP contribution in [0.2, 0.25) is 15.1 Å². The molecule has 3 aromatic rings. The van der Waals surface area contributed by atoms with Crippen LogP contribution in [0.5, 0.6) is 0 Å². The van der Waals surface area contributed by atoms with E-state index in [2.05, 4.69) is 5.32 Å². The molecule has 3 aromatic carbocycles. The van der Waals surface area contributed by atoms with Crippen molar-refractivity contribution in [1.29, 1.82) is 0 Å². The number of benzene rings is 3. The Hall–Kier alpha value is -2.40. The molecule has 1 N–H and O–H groups in total. The predicted molar refractivity (Wildman–Crippen MR) is 130 cm³/mol. The lowest BCUT2D eigenvalue weighted by molar-refractivity contribution is -0.125. The number of nitrogens with one attached hydrogen (secondary N) is 1. The molecule has 2 nitrogen and oxygen atoms in total. The minimum Gasteiger partial charge on any atom is -0.352 e. The summed E-state index contributed by atoms with van der Waals surface area (Å²) in [4.78, 5) is 12.9. The summed E-state index contributed by atoms with van der Waals surface area (Å²) >= 11 is 18.7. The minimum absolute atomic E-state index is 0.127.